The zero-order valence-corrected chi connectivity index (χ0v) is 9.95. The molecule has 1 aromatic carbocycles. The molecule has 1 rings (SSSR count). The van der Waals surface area contributed by atoms with E-state index in [-0.39, 0.29) is 11.3 Å². The fraction of sp³-hybridized carbons (Fsp3) is 0.111. The summed E-state index contributed by atoms with van der Waals surface area (Å²) >= 11 is 3.17. The van der Waals surface area contributed by atoms with Crippen LogP contribution in [0.25, 0.3) is 0 Å². The number of benzene rings is 1. The summed E-state index contributed by atoms with van der Waals surface area (Å²) in [6.45, 7) is -2.94. The van der Waals surface area contributed by atoms with Crippen LogP contribution >= 0.6 is 15.9 Å². The summed E-state index contributed by atoms with van der Waals surface area (Å²) in [7, 11) is 0. The molecular weight excluding hydrogens is 300 g/mol. The van der Waals surface area contributed by atoms with Crippen LogP contribution in [-0.4, -0.2) is 18.9 Å². The number of hydrogen-bond donors (Lipinski definition) is 2. The van der Waals surface area contributed by atoms with Gasteiger partial charge in [0.1, 0.15) is 5.75 Å². The van der Waals surface area contributed by atoms with Gasteiger partial charge in [-0.3, -0.25) is 0 Å². The van der Waals surface area contributed by atoms with Gasteiger partial charge in [0.15, 0.2) is 0 Å². The van der Waals surface area contributed by atoms with Crippen molar-refractivity contribution < 1.29 is 18.3 Å². The number of urea groups is 1. The number of alkyl halides is 2. The Balaban J connectivity index is 2.90. The number of nitrogens with two attached hydrogens (primary N) is 1. The van der Waals surface area contributed by atoms with Crippen LogP contribution in [-0.2, 0) is 0 Å². The van der Waals surface area contributed by atoms with Gasteiger partial charge in [-0.15, -0.1) is 0 Å². The maximum absolute atomic E-state index is 12.1. The summed E-state index contributed by atoms with van der Waals surface area (Å²) in [6, 6.07) is 3.54. The highest BCUT2D eigenvalue weighted by atomic mass is 79.9. The molecule has 0 heterocycles. The number of primary amides is 1. The monoisotopic (exact) mass is 307 g/mol. The number of nitrogens with one attached hydrogen (secondary N) is 1. The molecule has 0 fully saturated rings. The van der Waals surface area contributed by atoms with Gasteiger partial charge in [-0.2, -0.15) is 13.9 Å². The third kappa shape index (κ3) is 4.77. The fourth-order valence-corrected chi connectivity index (χ4v) is 1.37. The van der Waals surface area contributed by atoms with Gasteiger partial charge in [0.2, 0.25) is 0 Å². The number of carbonyl (C=O) groups is 1. The normalized spacial score (nSPS) is 10.8. The molecule has 0 saturated heterocycles. The minimum absolute atomic E-state index is 0.0572. The van der Waals surface area contributed by atoms with Crippen LogP contribution in [0.3, 0.4) is 0 Å². The van der Waals surface area contributed by atoms with Crippen molar-refractivity contribution in [1.29, 1.82) is 0 Å². The van der Waals surface area contributed by atoms with Crippen molar-refractivity contribution >= 4 is 28.2 Å². The van der Waals surface area contributed by atoms with Gasteiger partial charge < -0.3 is 10.5 Å². The summed E-state index contributed by atoms with van der Waals surface area (Å²) in [5.74, 6) is -0.0572. The van der Waals surface area contributed by atoms with E-state index in [1.54, 1.807) is 0 Å². The van der Waals surface area contributed by atoms with E-state index in [1.807, 2.05) is 5.43 Å². The molecule has 0 saturated carbocycles. The summed E-state index contributed by atoms with van der Waals surface area (Å²) < 4.78 is 29.1. The van der Waals surface area contributed by atoms with Crippen molar-refractivity contribution in [3.8, 4) is 5.75 Å². The van der Waals surface area contributed by atoms with Crippen LogP contribution in [0.15, 0.2) is 27.8 Å². The van der Waals surface area contributed by atoms with E-state index in [0.29, 0.717) is 4.47 Å². The number of carbonyl (C=O) groups excluding carboxylic acids is 1. The molecule has 0 atom stereocenters. The van der Waals surface area contributed by atoms with Gasteiger partial charge in [0.25, 0.3) is 0 Å². The Kier molecular flexibility index (Phi) is 4.83. The minimum Gasteiger partial charge on any atom is -0.434 e. The Bertz CT molecular complexity index is 440. The molecule has 0 bridgehead atoms. The number of halogens is 3. The average molecular weight is 308 g/mol. The van der Waals surface area contributed by atoms with Crippen molar-refractivity contribution in [2.75, 3.05) is 0 Å². The molecular formula is C9H8BrF2N3O2. The highest BCUT2D eigenvalue weighted by Gasteiger charge is 2.08. The Hall–Kier alpha value is -1.70. The number of hydrogen-bond acceptors (Lipinski definition) is 3. The second-order valence-corrected chi connectivity index (χ2v) is 3.71. The largest absolute Gasteiger partial charge is 0.434 e. The third-order valence-corrected chi connectivity index (χ3v) is 2.06. The second kappa shape index (κ2) is 6.14. The van der Waals surface area contributed by atoms with Gasteiger partial charge in [0, 0.05) is 10.0 Å². The number of hydrazone groups is 1. The highest BCUT2D eigenvalue weighted by Crippen LogP contribution is 2.23. The van der Waals surface area contributed by atoms with Gasteiger partial charge >= 0.3 is 12.6 Å². The Morgan fingerprint density at radius 1 is 1.59 bits per heavy atom. The second-order valence-electron chi connectivity index (χ2n) is 2.79. The average Bonchev–Trinajstić information content (AvgIpc) is 2.21. The lowest BCUT2D eigenvalue weighted by molar-refractivity contribution is -0.0499. The maximum Gasteiger partial charge on any atom is 0.387 e. The van der Waals surface area contributed by atoms with Crippen LogP contribution in [0.5, 0.6) is 5.75 Å². The SMILES string of the molecule is NC(=O)N/N=C\c1cc(Br)ccc1OC(F)F. The smallest absolute Gasteiger partial charge is 0.387 e. The number of ether oxygens (including phenoxy) is 1. The van der Waals surface area contributed by atoms with E-state index < -0.39 is 12.6 Å². The number of rotatable bonds is 4. The van der Waals surface area contributed by atoms with Crippen LogP contribution in [0.4, 0.5) is 13.6 Å². The van der Waals surface area contributed by atoms with Crippen molar-refractivity contribution in [3.05, 3.63) is 28.2 Å². The zero-order chi connectivity index (χ0) is 12.8. The van der Waals surface area contributed by atoms with E-state index in [1.165, 1.54) is 18.2 Å². The summed E-state index contributed by atoms with van der Waals surface area (Å²) in [5.41, 5.74) is 7.00. The van der Waals surface area contributed by atoms with Gasteiger partial charge in [-0.05, 0) is 18.2 Å². The third-order valence-electron chi connectivity index (χ3n) is 1.57. The lowest BCUT2D eigenvalue weighted by Gasteiger charge is -2.07. The van der Waals surface area contributed by atoms with Crippen LogP contribution < -0.4 is 15.9 Å². The molecule has 0 aliphatic carbocycles. The van der Waals surface area contributed by atoms with E-state index in [0.717, 1.165) is 6.21 Å². The molecule has 0 aliphatic heterocycles. The Labute approximate surface area is 104 Å². The van der Waals surface area contributed by atoms with E-state index in [2.05, 4.69) is 25.8 Å². The molecule has 0 aliphatic rings. The highest BCUT2D eigenvalue weighted by molar-refractivity contribution is 9.10. The molecule has 3 N–H and O–H groups in total. The molecule has 17 heavy (non-hydrogen) atoms. The first-order valence-corrected chi connectivity index (χ1v) is 5.11. The van der Waals surface area contributed by atoms with Crippen LogP contribution in [0.1, 0.15) is 5.56 Å². The van der Waals surface area contributed by atoms with Gasteiger partial charge in [-0.25, -0.2) is 10.2 Å². The number of nitrogens with zero attached hydrogens (tertiary/aromatic N) is 1. The van der Waals surface area contributed by atoms with E-state index in [4.69, 9.17) is 5.73 Å². The van der Waals surface area contributed by atoms with Gasteiger partial charge in [-0.1, -0.05) is 15.9 Å². The first-order chi connectivity index (χ1) is 7.99. The molecule has 2 amide bonds. The molecule has 0 unspecified atom stereocenters. The van der Waals surface area contributed by atoms with Crippen LogP contribution in [0, 0.1) is 0 Å². The van der Waals surface area contributed by atoms with E-state index in [9.17, 15) is 13.6 Å². The molecule has 8 heteroatoms. The quantitative estimate of drug-likeness (QED) is 0.660. The molecule has 1 aromatic rings. The molecule has 0 spiro atoms. The van der Waals surface area contributed by atoms with Gasteiger partial charge in [0.05, 0.1) is 6.21 Å². The molecule has 92 valence electrons. The first kappa shape index (κ1) is 13.4. The Morgan fingerprint density at radius 2 is 2.29 bits per heavy atom. The lowest BCUT2D eigenvalue weighted by Crippen LogP contribution is -2.24. The molecule has 0 aromatic heterocycles. The topological polar surface area (TPSA) is 76.7 Å². The minimum atomic E-state index is -2.94. The molecule has 0 radical (unpaired) electrons. The summed E-state index contributed by atoms with van der Waals surface area (Å²) in [6.07, 6.45) is 1.15. The van der Waals surface area contributed by atoms with Crippen LogP contribution in [0.2, 0.25) is 0 Å². The van der Waals surface area contributed by atoms with E-state index >= 15 is 0 Å². The standard InChI is InChI=1S/C9H8BrF2N3O2/c10-6-1-2-7(17-8(11)12)5(3-6)4-14-15-9(13)16/h1-4,8H,(H3,13,15,16)/b14-4-. The number of amides is 2. The van der Waals surface area contributed by atoms with Crippen molar-refractivity contribution in [2.45, 2.75) is 6.61 Å². The fourth-order valence-electron chi connectivity index (χ4n) is 0.989. The predicted octanol–water partition coefficient (Wildman–Crippen LogP) is 2.05. The maximum atomic E-state index is 12.1. The van der Waals surface area contributed by atoms with Crippen molar-refractivity contribution in [2.24, 2.45) is 10.8 Å². The molecule has 5 nitrogen and oxygen atoms in total. The predicted molar refractivity (Wildman–Crippen MR) is 61.1 cm³/mol. The summed E-state index contributed by atoms with van der Waals surface area (Å²) in [5, 5.41) is 3.45. The van der Waals surface area contributed by atoms with Crippen molar-refractivity contribution in [1.82, 2.24) is 5.43 Å². The zero-order valence-electron chi connectivity index (χ0n) is 8.36. The Morgan fingerprint density at radius 3 is 2.88 bits per heavy atom. The first-order valence-electron chi connectivity index (χ1n) is 4.32. The lowest BCUT2D eigenvalue weighted by atomic mass is 10.2. The van der Waals surface area contributed by atoms with Crippen molar-refractivity contribution in [3.63, 3.8) is 0 Å². The summed E-state index contributed by atoms with van der Waals surface area (Å²) in [4.78, 5) is 10.4.